The van der Waals surface area contributed by atoms with E-state index in [4.69, 9.17) is 9.97 Å². The van der Waals surface area contributed by atoms with Gasteiger partial charge in [0.05, 0.1) is 33.3 Å². The van der Waals surface area contributed by atoms with E-state index in [0.29, 0.717) is 5.95 Å². The molecule has 0 radical (unpaired) electrons. The summed E-state index contributed by atoms with van der Waals surface area (Å²) >= 11 is 0. The first-order valence-electron chi connectivity index (χ1n) is 19.8. The van der Waals surface area contributed by atoms with E-state index in [1.807, 2.05) is 0 Å². The average molecular weight is 739 g/mol. The van der Waals surface area contributed by atoms with Crippen LogP contribution in [0.3, 0.4) is 0 Å². The second-order valence-corrected chi connectivity index (χ2v) is 15.0. The van der Waals surface area contributed by atoms with Crippen molar-refractivity contribution in [3.8, 4) is 45.1 Å². The van der Waals surface area contributed by atoms with Crippen LogP contribution in [-0.4, -0.2) is 19.1 Å². The van der Waals surface area contributed by atoms with Gasteiger partial charge in [-0.15, -0.1) is 0 Å². The number of rotatable bonds is 5. The van der Waals surface area contributed by atoms with Gasteiger partial charge in [0.1, 0.15) is 0 Å². The molecular weight excluding hydrogens is 705 g/mol. The molecule has 270 valence electrons. The minimum absolute atomic E-state index is 0.645. The first-order chi connectivity index (χ1) is 28.8. The third kappa shape index (κ3) is 4.95. The normalized spacial score (nSPS) is 11.8. The van der Waals surface area contributed by atoms with Gasteiger partial charge in [-0.1, -0.05) is 158 Å². The highest BCUT2D eigenvalue weighted by Gasteiger charge is 2.21. The lowest BCUT2D eigenvalue weighted by molar-refractivity contribution is 1.01. The molecule has 0 spiro atoms. The van der Waals surface area contributed by atoms with Crippen molar-refractivity contribution in [2.24, 2.45) is 0 Å². The van der Waals surface area contributed by atoms with Gasteiger partial charge >= 0.3 is 0 Å². The lowest BCUT2D eigenvalue weighted by Gasteiger charge is -2.14. The average Bonchev–Trinajstić information content (AvgIpc) is 3.81. The smallest absolute Gasteiger partial charge is 0.235 e. The molecule has 3 aromatic heterocycles. The number of benzene rings is 9. The fraction of sp³-hybridized carbons (Fsp3) is 0. The summed E-state index contributed by atoms with van der Waals surface area (Å²) in [5, 5.41) is 8.31. The Bertz CT molecular complexity index is 3560. The SMILES string of the molecule is c1ccc(-c2cccc(-c3nc(-n4c5ccccc5c5ccc(-c6cc7c(c8ccccc68)c6ccccc6n7-c6ccccc6)cc54)nc4ccccc34)c2)cc1. The van der Waals surface area contributed by atoms with E-state index >= 15 is 0 Å². The Morgan fingerprint density at radius 1 is 0.310 bits per heavy atom. The van der Waals surface area contributed by atoms with Crippen LogP contribution in [0.5, 0.6) is 0 Å². The molecule has 0 amide bonds. The van der Waals surface area contributed by atoms with Crippen molar-refractivity contribution in [2.45, 2.75) is 0 Å². The van der Waals surface area contributed by atoms with Crippen molar-refractivity contribution in [1.82, 2.24) is 19.1 Å². The van der Waals surface area contributed by atoms with Crippen LogP contribution >= 0.6 is 0 Å². The Morgan fingerprint density at radius 2 is 0.914 bits per heavy atom. The zero-order valence-corrected chi connectivity index (χ0v) is 31.4. The molecule has 0 saturated carbocycles. The molecule has 12 aromatic rings. The van der Waals surface area contributed by atoms with Crippen LogP contribution in [0, 0.1) is 0 Å². The number of aromatic nitrogens is 4. The van der Waals surface area contributed by atoms with Gasteiger partial charge in [0.15, 0.2) is 0 Å². The molecule has 3 heterocycles. The largest absolute Gasteiger partial charge is 0.309 e. The van der Waals surface area contributed by atoms with Crippen molar-refractivity contribution in [1.29, 1.82) is 0 Å². The van der Waals surface area contributed by atoms with Crippen LogP contribution in [0.4, 0.5) is 0 Å². The third-order valence-corrected chi connectivity index (χ3v) is 11.7. The van der Waals surface area contributed by atoms with Crippen molar-refractivity contribution in [3.05, 3.63) is 206 Å². The fourth-order valence-corrected chi connectivity index (χ4v) is 9.14. The van der Waals surface area contributed by atoms with Crippen LogP contribution in [0.2, 0.25) is 0 Å². The number of hydrogen-bond donors (Lipinski definition) is 0. The second-order valence-electron chi connectivity index (χ2n) is 15.0. The van der Waals surface area contributed by atoms with Gasteiger partial charge in [0.2, 0.25) is 5.95 Å². The third-order valence-electron chi connectivity index (χ3n) is 11.7. The van der Waals surface area contributed by atoms with Crippen molar-refractivity contribution in [2.75, 3.05) is 0 Å². The summed E-state index contributed by atoms with van der Waals surface area (Å²) in [7, 11) is 0. The van der Waals surface area contributed by atoms with Crippen molar-refractivity contribution >= 4 is 65.3 Å². The Hall–Kier alpha value is -7.82. The Morgan fingerprint density at radius 3 is 1.72 bits per heavy atom. The first kappa shape index (κ1) is 32.4. The number of hydrogen-bond acceptors (Lipinski definition) is 2. The second kappa shape index (κ2) is 12.9. The summed E-state index contributed by atoms with van der Waals surface area (Å²) in [5.41, 5.74) is 13.2. The van der Waals surface area contributed by atoms with Crippen LogP contribution in [0.25, 0.3) is 110 Å². The quantitative estimate of drug-likeness (QED) is 0.176. The van der Waals surface area contributed by atoms with Gasteiger partial charge in [-0.05, 0) is 81.6 Å². The van der Waals surface area contributed by atoms with Gasteiger partial charge in [0, 0.05) is 38.2 Å². The summed E-state index contributed by atoms with van der Waals surface area (Å²) in [6.45, 7) is 0. The zero-order valence-electron chi connectivity index (χ0n) is 31.4. The van der Waals surface area contributed by atoms with Crippen LogP contribution in [-0.2, 0) is 0 Å². The predicted octanol–water partition coefficient (Wildman–Crippen LogP) is 14.0. The van der Waals surface area contributed by atoms with E-state index < -0.39 is 0 Å². The number of para-hydroxylation sites is 4. The molecule has 0 fully saturated rings. The maximum atomic E-state index is 5.46. The van der Waals surface area contributed by atoms with Gasteiger partial charge in [-0.2, -0.15) is 0 Å². The van der Waals surface area contributed by atoms with Gasteiger partial charge in [-0.3, -0.25) is 4.57 Å². The molecule has 9 aromatic carbocycles. The molecule has 0 N–H and O–H groups in total. The molecule has 0 aliphatic rings. The molecule has 58 heavy (non-hydrogen) atoms. The maximum absolute atomic E-state index is 5.46. The number of fused-ring (bicyclic) bond motifs is 9. The highest BCUT2D eigenvalue weighted by Crippen LogP contribution is 2.43. The van der Waals surface area contributed by atoms with Crippen LogP contribution in [0.1, 0.15) is 0 Å². The summed E-state index contributed by atoms with van der Waals surface area (Å²) < 4.78 is 4.67. The molecule has 4 nitrogen and oxygen atoms in total. The van der Waals surface area contributed by atoms with E-state index in [1.165, 1.54) is 43.7 Å². The summed E-state index contributed by atoms with van der Waals surface area (Å²) in [5.74, 6) is 0.645. The zero-order chi connectivity index (χ0) is 38.2. The van der Waals surface area contributed by atoms with Gasteiger partial charge in [-0.25, -0.2) is 9.97 Å². The topological polar surface area (TPSA) is 35.6 Å². The Labute approximate surface area is 334 Å². The van der Waals surface area contributed by atoms with E-state index in [-0.39, 0.29) is 0 Å². The molecule has 0 atom stereocenters. The summed E-state index contributed by atoms with van der Waals surface area (Å²) in [4.78, 5) is 10.8. The Kier molecular flexibility index (Phi) is 7.20. The van der Waals surface area contributed by atoms with E-state index in [1.54, 1.807) is 0 Å². The predicted molar refractivity (Wildman–Crippen MR) is 242 cm³/mol. The van der Waals surface area contributed by atoms with E-state index in [9.17, 15) is 0 Å². The minimum Gasteiger partial charge on any atom is -0.309 e. The van der Waals surface area contributed by atoms with Gasteiger partial charge < -0.3 is 4.57 Å². The lowest BCUT2D eigenvalue weighted by Crippen LogP contribution is -2.03. The molecule has 0 aliphatic heterocycles. The minimum atomic E-state index is 0.645. The van der Waals surface area contributed by atoms with E-state index in [0.717, 1.165) is 60.8 Å². The van der Waals surface area contributed by atoms with Crippen LogP contribution < -0.4 is 0 Å². The first-order valence-corrected chi connectivity index (χ1v) is 19.8. The highest BCUT2D eigenvalue weighted by atomic mass is 15.2. The van der Waals surface area contributed by atoms with Crippen LogP contribution in [0.15, 0.2) is 206 Å². The monoisotopic (exact) mass is 738 g/mol. The van der Waals surface area contributed by atoms with E-state index in [2.05, 4.69) is 215 Å². The van der Waals surface area contributed by atoms with Crippen molar-refractivity contribution in [3.63, 3.8) is 0 Å². The molecule has 4 heteroatoms. The molecular formula is C54H34N4. The standard InChI is InChI=1S/C54H34N4/c1-3-16-35(17-4-1)36-18-15-19-38(32-36)53-44-25-9-12-27-47(44)55-54(56-53)58-48-28-13-10-23-41(48)42-31-30-37(33-50(42)58)46-34-51-52(43-24-8-7-22-40(43)46)45-26-11-14-29-49(45)57(51)39-20-5-2-6-21-39/h1-34H. The van der Waals surface area contributed by atoms with Gasteiger partial charge in [0.25, 0.3) is 0 Å². The molecule has 0 aliphatic carbocycles. The molecule has 0 saturated heterocycles. The van der Waals surface area contributed by atoms with Crippen molar-refractivity contribution < 1.29 is 0 Å². The summed E-state index contributed by atoms with van der Waals surface area (Å²) in [6, 6.07) is 73.8. The molecule has 12 rings (SSSR count). The summed E-state index contributed by atoms with van der Waals surface area (Å²) in [6.07, 6.45) is 0. The molecule has 0 unspecified atom stereocenters. The fourth-order valence-electron chi connectivity index (χ4n) is 9.14. The molecule has 0 bridgehead atoms. The highest BCUT2D eigenvalue weighted by molar-refractivity contribution is 6.24. The maximum Gasteiger partial charge on any atom is 0.235 e. The lowest BCUT2D eigenvalue weighted by atomic mass is 9.94. The number of nitrogens with zero attached hydrogens (tertiary/aromatic N) is 4. The Balaban J connectivity index is 1.13.